The van der Waals surface area contributed by atoms with E-state index in [1.165, 1.54) is 0 Å². The number of hydrogen-bond acceptors (Lipinski definition) is 2. The van der Waals surface area contributed by atoms with E-state index in [4.69, 9.17) is 5.11 Å². The summed E-state index contributed by atoms with van der Waals surface area (Å²) in [5, 5.41) is 8.03. The van der Waals surface area contributed by atoms with Gasteiger partial charge in [-0.1, -0.05) is 13.5 Å². The van der Waals surface area contributed by atoms with Crippen LogP contribution >= 0.6 is 0 Å². The van der Waals surface area contributed by atoms with Crippen molar-refractivity contribution in [3.63, 3.8) is 0 Å². The van der Waals surface area contributed by atoms with E-state index >= 15 is 0 Å². The van der Waals surface area contributed by atoms with E-state index in [1.54, 1.807) is 6.92 Å². The van der Waals surface area contributed by atoms with Gasteiger partial charge in [0.05, 0.1) is 0 Å². The van der Waals surface area contributed by atoms with Gasteiger partial charge in [0.15, 0.2) is 6.10 Å². The Kier molecular flexibility index (Phi) is 3.46. The zero-order chi connectivity index (χ0) is 8.15. The third-order valence-corrected chi connectivity index (χ3v) is 0.963. The lowest BCUT2D eigenvalue weighted by atomic mass is 10.2. The monoisotopic (exact) mass is 148 g/mol. The van der Waals surface area contributed by atoms with Crippen LogP contribution in [-0.4, -0.2) is 17.4 Å². The Bertz CT molecular complexity index is 144. The Hall–Kier alpha value is -1.06. The largest absolute Gasteiger partial charge is 0.506 e. The third kappa shape index (κ3) is 3.06. The molecule has 1 N–H and O–H groups in total. The van der Waals surface area contributed by atoms with E-state index in [9.17, 15) is 9.18 Å². The summed E-state index contributed by atoms with van der Waals surface area (Å²) in [5.41, 5.74) is 0. The first-order chi connectivity index (χ1) is 4.57. The van der Waals surface area contributed by atoms with E-state index in [2.05, 4.69) is 11.3 Å². The maximum atomic E-state index is 12.1. The van der Waals surface area contributed by atoms with Crippen molar-refractivity contribution < 1.29 is 19.0 Å². The maximum absolute atomic E-state index is 12.1. The molecule has 0 aromatic heterocycles. The van der Waals surface area contributed by atoms with Crippen LogP contribution in [0, 0.1) is 0 Å². The smallest absolute Gasteiger partial charge is 0.450 e. The molecule has 0 spiro atoms. The minimum Gasteiger partial charge on any atom is -0.450 e. The van der Waals surface area contributed by atoms with Gasteiger partial charge in [-0.25, -0.2) is 9.18 Å². The number of carbonyl (C=O) groups is 1. The Morgan fingerprint density at radius 3 is 2.50 bits per heavy atom. The van der Waals surface area contributed by atoms with Gasteiger partial charge in [-0.05, 0) is 6.42 Å². The summed E-state index contributed by atoms with van der Waals surface area (Å²) in [7, 11) is 0. The lowest BCUT2D eigenvalue weighted by molar-refractivity contribution is 0.0558. The first-order valence-corrected chi connectivity index (χ1v) is 2.81. The van der Waals surface area contributed by atoms with Crippen molar-refractivity contribution in [2.24, 2.45) is 0 Å². The molecule has 0 aliphatic carbocycles. The fraction of sp³-hybridized carbons (Fsp3) is 0.500. The molecule has 4 heteroatoms. The van der Waals surface area contributed by atoms with Gasteiger partial charge in [-0.3, -0.25) is 0 Å². The fourth-order valence-electron chi connectivity index (χ4n) is 0.490. The van der Waals surface area contributed by atoms with Gasteiger partial charge >= 0.3 is 6.16 Å². The van der Waals surface area contributed by atoms with Crippen LogP contribution < -0.4 is 0 Å². The van der Waals surface area contributed by atoms with Crippen molar-refractivity contribution in [3.05, 3.63) is 12.4 Å². The Morgan fingerprint density at radius 2 is 2.40 bits per heavy atom. The first-order valence-electron chi connectivity index (χ1n) is 2.81. The average Bonchev–Trinajstić information content (AvgIpc) is 1.81. The molecule has 0 amide bonds. The summed E-state index contributed by atoms with van der Waals surface area (Å²) >= 11 is 0. The number of rotatable bonds is 3. The molecule has 1 unspecified atom stereocenters. The number of carboxylic acid groups (broad SMARTS) is 1. The average molecular weight is 148 g/mol. The molecular weight excluding hydrogens is 139 g/mol. The van der Waals surface area contributed by atoms with Crippen LogP contribution in [0.25, 0.3) is 0 Å². The van der Waals surface area contributed by atoms with E-state index in [0.29, 0.717) is 0 Å². The fourth-order valence-corrected chi connectivity index (χ4v) is 0.490. The van der Waals surface area contributed by atoms with E-state index in [-0.39, 0.29) is 6.42 Å². The SMILES string of the molecule is C=C(F)C(CC)OC(=O)O. The van der Waals surface area contributed by atoms with Crippen LogP contribution in [0.4, 0.5) is 9.18 Å². The molecular formula is C6H9FO3. The summed E-state index contributed by atoms with van der Waals surface area (Å²) in [5.74, 6) is -0.759. The minimum absolute atomic E-state index is 0.266. The molecule has 0 saturated carbocycles. The number of ether oxygens (including phenoxy) is 1. The molecule has 0 aliphatic rings. The van der Waals surface area contributed by atoms with Crippen molar-refractivity contribution in [2.75, 3.05) is 0 Å². The third-order valence-electron chi connectivity index (χ3n) is 0.963. The second-order valence-electron chi connectivity index (χ2n) is 1.73. The Balaban J connectivity index is 3.83. The zero-order valence-corrected chi connectivity index (χ0v) is 5.63. The molecule has 0 heterocycles. The second kappa shape index (κ2) is 3.87. The van der Waals surface area contributed by atoms with Crippen molar-refractivity contribution in [2.45, 2.75) is 19.4 Å². The summed E-state index contributed by atoms with van der Waals surface area (Å²) < 4.78 is 16.2. The highest BCUT2D eigenvalue weighted by atomic mass is 19.1. The summed E-state index contributed by atoms with van der Waals surface area (Å²) in [6, 6.07) is 0. The van der Waals surface area contributed by atoms with Crippen molar-refractivity contribution in [1.29, 1.82) is 0 Å². The van der Waals surface area contributed by atoms with Gasteiger partial charge in [-0.2, -0.15) is 0 Å². The van der Waals surface area contributed by atoms with Crippen LogP contribution in [0.15, 0.2) is 12.4 Å². The summed E-state index contributed by atoms with van der Waals surface area (Å²) in [6.07, 6.45) is -2.23. The first kappa shape index (κ1) is 8.94. The minimum atomic E-state index is -1.48. The van der Waals surface area contributed by atoms with Gasteiger partial charge in [-0.15, -0.1) is 0 Å². The normalized spacial score (nSPS) is 12.2. The van der Waals surface area contributed by atoms with Gasteiger partial charge in [0.2, 0.25) is 0 Å². The zero-order valence-electron chi connectivity index (χ0n) is 5.63. The molecule has 0 fully saturated rings. The van der Waals surface area contributed by atoms with Crippen LogP contribution in [0.1, 0.15) is 13.3 Å². The quantitative estimate of drug-likeness (QED) is 0.622. The van der Waals surface area contributed by atoms with Crippen LogP contribution in [0.3, 0.4) is 0 Å². The van der Waals surface area contributed by atoms with E-state index in [1.807, 2.05) is 0 Å². The van der Waals surface area contributed by atoms with Crippen molar-refractivity contribution in [1.82, 2.24) is 0 Å². The van der Waals surface area contributed by atoms with Crippen LogP contribution in [0.5, 0.6) is 0 Å². The number of hydrogen-bond donors (Lipinski definition) is 1. The van der Waals surface area contributed by atoms with Gasteiger partial charge in [0.1, 0.15) is 5.83 Å². The Morgan fingerprint density at radius 1 is 1.90 bits per heavy atom. The van der Waals surface area contributed by atoms with Crippen LogP contribution in [-0.2, 0) is 4.74 Å². The van der Waals surface area contributed by atoms with Gasteiger partial charge in [0, 0.05) is 0 Å². The van der Waals surface area contributed by atoms with Gasteiger partial charge in [0.25, 0.3) is 0 Å². The standard InChI is InChI=1S/C6H9FO3/c1-3-5(4(2)7)10-6(8)9/h5H,2-3H2,1H3,(H,8,9). The second-order valence-corrected chi connectivity index (χ2v) is 1.73. The Labute approximate surface area is 58.1 Å². The highest BCUT2D eigenvalue weighted by Gasteiger charge is 2.13. The molecule has 58 valence electrons. The molecule has 0 saturated heterocycles. The molecule has 10 heavy (non-hydrogen) atoms. The predicted molar refractivity (Wildman–Crippen MR) is 33.4 cm³/mol. The van der Waals surface area contributed by atoms with E-state index < -0.39 is 18.1 Å². The lowest BCUT2D eigenvalue weighted by Crippen LogP contribution is -2.15. The van der Waals surface area contributed by atoms with Crippen LogP contribution in [0.2, 0.25) is 0 Å². The van der Waals surface area contributed by atoms with Gasteiger partial charge < -0.3 is 9.84 Å². The molecule has 0 aromatic rings. The molecule has 1 atom stereocenters. The number of halogens is 1. The molecule has 0 radical (unpaired) electrons. The molecule has 0 bridgehead atoms. The van der Waals surface area contributed by atoms with Crippen molar-refractivity contribution >= 4 is 6.16 Å². The maximum Gasteiger partial charge on any atom is 0.506 e. The van der Waals surface area contributed by atoms with E-state index in [0.717, 1.165) is 0 Å². The molecule has 0 aliphatic heterocycles. The highest BCUT2D eigenvalue weighted by molar-refractivity contribution is 5.57. The summed E-state index contributed by atoms with van der Waals surface area (Å²) in [4.78, 5) is 9.84. The molecule has 0 rings (SSSR count). The molecule has 0 aromatic carbocycles. The molecule has 3 nitrogen and oxygen atoms in total. The lowest BCUT2D eigenvalue weighted by Gasteiger charge is -2.09. The topological polar surface area (TPSA) is 46.5 Å². The highest BCUT2D eigenvalue weighted by Crippen LogP contribution is 2.09. The predicted octanol–water partition coefficient (Wildman–Crippen LogP) is 1.94. The van der Waals surface area contributed by atoms with Crippen molar-refractivity contribution in [3.8, 4) is 0 Å². The summed E-state index contributed by atoms with van der Waals surface area (Å²) in [6.45, 7) is 4.53.